The number of fused-ring (bicyclic) bond motifs is 1. The van der Waals surface area contributed by atoms with Gasteiger partial charge in [-0.25, -0.2) is 14.4 Å². The highest BCUT2D eigenvalue weighted by molar-refractivity contribution is 6.33. The van der Waals surface area contributed by atoms with Crippen molar-refractivity contribution in [1.29, 1.82) is 0 Å². The molecule has 1 fully saturated rings. The van der Waals surface area contributed by atoms with Gasteiger partial charge in [0.05, 0.1) is 35.7 Å². The van der Waals surface area contributed by atoms with Crippen LogP contribution in [0.4, 0.5) is 10.3 Å². The molecule has 10 nitrogen and oxygen atoms in total. The maximum Gasteiger partial charge on any atom is 0.254 e. The van der Waals surface area contributed by atoms with E-state index in [1.54, 1.807) is 19.1 Å². The summed E-state index contributed by atoms with van der Waals surface area (Å²) in [6.45, 7) is 4.97. The van der Waals surface area contributed by atoms with E-state index in [4.69, 9.17) is 21.1 Å². The number of halogens is 2. The lowest BCUT2D eigenvalue weighted by molar-refractivity contribution is -0.123. The fourth-order valence-corrected chi connectivity index (χ4v) is 5.39. The van der Waals surface area contributed by atoms with Crippen LogP contribution in [0.5, 0.6) is 5.75 Å². The molecular weight excluding hydrogens is 565 g/mol. The average Bonchev–Trinajstić information content (AvgIpc) is 3.27. The van der Waals surface area contributed by atoms with Crippen molar-refractivity contribution in [2.45, 2.75) is 51.4 Å². The Morgan fingerprint density at radius 3 is 2.79 bits per heavy atom. The molecule has 2 aromatic carbocycles. The van der Waals surface area contributed by atoms with E-state index in [-0.39, 0.29) is 25.0 Å². The van der Waals surface area contributed by atoms with Crippen LogP contribution < -0.4 is 15.4 Å². The largest absolute Gasteiger partial charge is 0.494 e. The van der Waals surface area contributed by atoms with E-state index >= 15 is 0 Å². The van der Waals surface area contributed by atoms with Gasteiger partial charge in [0.2, 0.25) is 11.9 Å². The number of hydrogen-bond acceptors (Lipinski definition) is 8. The van der Waals surface area contributed by atoms with E-state index < -0.39 is 23.9 Å². The molecule has 222 valence electrons. The number of aliphatic hydroxyl groups is 1. The molecule has 3 aromatic rings. The van der Waals surface area contributed by atoms with Crippen LogP contribution in [-0.4, -0.2) is 70.3 Å². The van der Waals surface area contributed by atoms with Crippen molar-refractivity contribution in [3.63, 3.8) is 0 Å². The Balaban J connectivity index is 1.28. The molecule has 0 saturated carbocycles. The number of carbonyl (C=O) groups excluding carboxylic acids is 2. The lowest BCUT2D eigenvalue weighted by Gasteiger charge is -2.24. The summed E-state index contributed by atoms with van der Waals surface area (Å²) in [7, 11) is 0. The van der Waals surface area contributed by atoms with E-state index in [0.29, 0.717) is 58.9 Å². The summed E-state index contributed by atoms with van der Waals surface area (Å²) in [6, 6.07) is 8.74. The zero-order valence-corrected chi connectivity index (χ0v) is 24.2. The second-order valence-corrected chi connectivity index (χ2v) is 10.8. The lowest BCUT2D eigenvalue weighted by atomic mass is 10.0. The topological polar surface area (TPSA) is 126 Å². The summed E-state index contributed by atoms with van der Waals surface area (Å²) in [5.74, 6) is -0.612. The number of ether oxygens (including phenoxy) is 2. The predicted molar refractivity (Wildman–Crippen MR) is 155 cm³/mol. The van der Waals surface area contributed by atoms with Gasteiger partial charge in [0.15, 0.2) is 0 Å². The van der Waals surface area contributed by atoms with Gasteiger partial charge in [-0.05, 0) is 56.0 Å². The van der Waals surface area contributed by atoms with Crippen molar-refractivity contribution in [3.8, 4) is 17.0 Å². The van der Waals surface area contributed by atoms with Crippen molar-refractivity contribution in [2.24, 2.45) is 0 Å². The quantitative estimate of drug-likeness (QED) is 0.319. The van der Waals surface area contributed by atoms with E-state index in [9.17, 15) is 19.1 Å². The first-order valence-electron chi connectivity index (χ1n) is 13.9. The van der Waals surface area contributed by atoms with Crippen molar-refractivity contribution in [3.05, 3.63) is 70.1 Å². The molecule has 3 N–H and O–H groups in total. The van der Waals surface area contributed by atoms with Gasteiger partial charge in [0.25, 0.3) is 5.91 Å². The zero-order valence-electron chi connectivity index (χ0n) is 23.4. The predicted octanol–water partition coefficient (Wildman–Crippen LogP) is 4.12. The fraction of sp³-hybridized carbons (Fsp3) is 0.400. The third-order valence-electron chi connectivity index (χ3n) is 7.26. The Bertz CT molecular complexity index is 1470. The minimum absolute atomic E-state index is 0.204. The lowest BCUT2D eigenvalue weighted by Crippen LogP contribution is -2.41. The fourth-order valence-electron chi connectivity index (χ4n) is 5.19. The molecule has 0 aliphatic carbocycles. The SMILES string of the molecule is CCOc1cc(F)cc(C(NC(=O)CN2Cc3ccc(-c4nc(NC5CCOCC5)ncc4Cl)cc3C2=O)[C@H](C)O)c1. The van der Waals surface area contributed by atoms with Crippen LogP contribution >= 0.6 is 11.6 Å². The molecule has 5 rings (SSSR count). The Morgan fingerprint density at radius 2 is 2.05 bits per heavy atom. The second-order valence-electron chi connectivity index (χ2n) is 10.4. The van der Waals surface area contributed by atoms with E-state index in [2.05, 4.69) is 20.6 Å². The van der Waals surface area contributed by atoms with Crippen molar-refractivity contribution < 1.29 is 28.6 Å². The van der Waals surface area contributed by atoms with Crippen molar-refractivity contribution in [2.75, 3.05) is 31.7 Å². The maximum absolute atomic E-state index is 14.2. The maximum atomic E-state index is 14.2. The number of carbonyl (C=O) groups is 2. The zero-order chi connectivity index (χ0) is 29.8. The van der Waals surface area contributed by atoms with Gasteiger partial charge >= 0.3 is 0 Å². The molecule has 0 radical (unpaired) electrons. The van der Waals surface area contributed by atoms with Crippen molar-refractivity contribution in [1.82, 2.24) is 20.2 Å². The minimum atomic E-state index is -1.03. The smallest absolute Gasteiger partial charge is 0.254 e. The molecular formula is C30H33ClFN5O5. The first kappa shape index (κ1) is 29.7. The van der Waals surface area contributed by atoms with Crippen molar-refractivity contribution >= 4 is 29.4 Å². The molecule has 42 heavy (non-hydrogen) atoms. The monoisotopic (exact) mass is 597 g/mol. The number of amides is 2. The Kier molecular flexibility index (Phi) is 9.20. The molecule has 2 atom stereocenters. The number of rotatable bonds is 10. The summed E-state index contributed by atoms with van der Waals surface area (Å²) in [6.07, 6.45) is 2.22. The van der Waals surface area contributed by atoms with Crippen LogP contribution in [0.1, 0.15) is 54.2 Å². The van der Waals surface area contributed by atoms with Crippen LogP contribution in [0.2, 0.25) is 5.02 Å². The molecule has 0 spiro atoms. The molecule has 2 aliphatic rings. The summed E-state index contributed by atoms with van der Waals surface area (Å²) in [5, 5.41) is 16.8. The Morgan fingerprint density at radius 1 is 1.26 bits per heavy atom. The minimum Gasteiger partial charge on any atom is -0.494 e. The van der Waals surface area contributed by atoms with Crippen LogP contribution in [-0.2, 0) is 16.1 Å². The van der Waals surface area contributed by atoms with Gasteiger partial charge in [-0.2, -0.15) is 0 Å². The molecule has 2 aliphatic heterocycles. The van der Waals surface area contributed by atoms with Gasteiger partial charge in [-0.15, -0.1) is 0 Å². The summed E-state index contributed by atoms with van der Waals surface area (Å²) in [4.78, 5) is 36.7. The number of anilines is 1. The van der Waals surface area contributed by atoms with Gasteiger partial charge in [-0.1, -0.05) is 23.7 Å². The van der Waals surface area contributed by atoms with E-state index in [1.807, 2.05) is 12.1 Å². The van der Waals surface area contributed by atoms with Crippen LogP contribution in [0.25, 0.3) is 11.3 Å². The molecule has 1 aromatic heterocycles. The third kappa shape index (κ3) is 6.80. The highest BCUT2D eigenvalue weighted by atomic mass is 35.5. The number of benzene rings is 2. The molecule has 3 heterocycles. The molecule has 1 saturated heterocycles. The second kappa shape index (κ2) is 13.0. The van der Waals surface area contributed by atoms with Gasteiger partial charge in [-0.3, -0.25) is 9.59 Å². The molecule has 0 bridgehead atoms. The summed E-state index contributed by atoms with van der Waals surface area (Å²) < 4.78 is 25.0. The van der Waals surface area contributed by atoms with E-state index in [1.165, 1.54) is 30.2 Å². The molecule has 2 amide bonds. The van der Waals surface area contributed by atoms with Crippen LogP contribution in [0, 0.1) is 5.82 Å². The standard InChI is InChI=1S/C30H33ClFN5O5/c1-3-42-23-11-20(10-21(32)13-23)27(17(2)38)35-26(39)16-37-15-19-5-4-18(12-24(19)29(37)40)28-25(31)14-33-30(36-28)34-22-6-8-41-9-7-22/h4-5,10-14,17,22,27,38H,3,6-9,15-16H2,1-2H3,(H,35,39)(H,33,34,36)/t17-,27?/m0/s1. The normalized spacial score (nSPS) is 16.6. The third-order valence-corrected chi connectivity index (χ3v) is 7.53. The number of aliphatic hydroxyl groups excluding tert-OH is 1. The number of nitrogens with one attached hydrogen (secondary N) is 2. The molecule has 12 heteroatoms. The van der Waals surface area contributed by atoms with E-state index in [0.717, 1.165) is 18.4 Å². The van der Waals surface area contributed by atoms with Crippen LogP contribution in [0.15, 0.2) is 42.6 Å². The number of hydrogen-bond donors (Lipinski definition) is 3. The molecule has 1 unspecified atom stereocenters. The average molecular weight is 598 g/mol. The summed E-state index contributed by atoms with van der Waals surface area (Å²) >= 11 is 6.45. The Labute approximate surface area is 248 Å². The van der Waals surface area contributed by atoms with Gasteiger partial charge < -0.3 is 30.1 Å². The first-order chi connectivity index (χ1) is 20.2. The number of nitrogens with zero attached hydrogens (tertiary/aromatic N) is 3. The Hall–Kier alpha value is -3.80. The van der Waals surface area contributed by atoms with Gasteiger partial charge in [0.1, 0.15) is 18.1 Å². The van der Waals surface area contributed by atoms with Gasteiger partial charge in [0, 0.05) is 43.0 Å². The van der Waals surface area contributed by atoms with Crippen LogP contribution in [0.3, 0.4) is 0 Å². The number of aromatic nitrogens is 2. The first-order valence-corrected chi connectivity index (χ1v) is 14.3. The highest BCUT2D eigenvalue weighted by Crippen LogP contribution is 2.32. The summed E-state index contributed by atoms with van der Waals surface area (Å²) in [5.41, 5.74) is 2.72. The highest BCUT2D eigenvalue weighted by Gasteiger charge is 2.31.